The number of aryl methyl sites for hydroxylation is 2. The molecular formula is C14H19Cl. The highest BCUT2D eigenvalue weighted by molar-refractivity contribution is 6.18. The molecule has 0 N–H and O–H groups in total. The van der Waals surface area contributed by atoms with E-state index in [-0.39, 0.29) is 5.41 Å². The molecule has 0 aromatic heterocycles. The van der Waals surface area contributed by atoms with Crippen LogP contribution in [0.3, 0.4) is 0 Å². The lowest BCUT2D eigenvalue weighted by Crippen LogP contribution is -2.18. The van der Waals surface area contributed by atoms with Crippen molar-refractivity contribution in [1.29, 1.82) is 0 Å². The van der Waals surface area contributed by atoms with Crippen molar-refractivity contribution in [2.75, 3.05) is 5.88 Å². The zero-order chi connectivity index (χ0) is 11.5. The first kappa shape index (κ1) is 12.3. The molecule has 1 rings (SSSR count). The molecule has 0 amide bonds. The summed E-state index contributed by atoms with van der Waals surface area (Å²) in [4.78, 5) is 0. The van der Waals surface area contributed by atoms with Crippen molar-refractivity contribution < 1.29 is 0 Å². The lowest BCUT2D eigenvalue weighted by molar-refractivity contribution is 0.486. The van der Waals surface area contributed by atoms with Gasteiger partial charge in [-0.2, -0.15) is 0 Å². The molecule has 0 saturated heterocycles. The maximum absolute atomic E-state index is 5.97. The van der Waals surface area contributed by atoms with E-state index in [4.69, 9.17) is 11.6 Å². The van der Waals surface area contributed by atoms with E-state index in [2.05, 4.69) is 45.5 Å². The Morgan fingerprint density at radius 2 is 1.80 bits per heavy atom. The van der Waals surface area contributed by atoms with Crippen LogP contribution in [0.15, 0.2) is 30.9 Å². The lowest BCUT2D eigenvalue weighted by Gasteiger charge is -2.23. The molecule has 0 saturated carbocycles. The Labute approximate surface area is 98.0 Å². The summed E-state index contributed by atoms with van der Waals surface area (Å²) in [5, 5.41) is 0. The molecule has 0 aliphatic rings. The largest absolute Gasteiger partial charge is 0.126 e. The fourth-order valence-electron chi connectivity index (χ4n) is 1.81. The van der Waals surface area contributed by atoms with Crippen molar-refractivity contribution in [2.45, 2.75) is 27.2 Å². The molecule has 1 atom stereocenters. The Hall–Kier alpha value is -0.750. The predicted molar refractivity (Wildman–Crippen MR) is 68.6 cm³/mol. The Kier molecular flexibility index (Phi) is 3.98. The van der Waals surface area contributed by atoms with Crippen LogP contribution in [0.5, 0.6) is 0 Å². The van der Waals surface area contributed by atoms with Crippen molar-refractivity contribution in [3.63, 3.8) is 0 Å². The smallest absolute Gasteiger partial charge is 0.0315 e. The van der Waals surface area contributed by atoms with Crippen LogP contribution in [0.4, 0.5) is 0 Å². The van der Waals surface area contributed by atoms with Crippen molar-refractivity contribution >= 4 is 11.6 Å². The molecule has 0 spiro atoms. The van der Waals surface area contributed by atoms with Crippen LogP contribution in [0.2, 0.25) is 0 Å². The van der Waals surface area contributed by atoms with Gasteiger partial charge in [0.25, 0.3) is 0 Å². The fourth-order valence-corrected chi connectivity index (χ4v) is 2.01. The summed E-state index contributed by atoms with van der Waals surface area (Å²) in [6.07, 6.45) is 2.92. The van der Waals surface area contributed by atoms with Gasteiger partial charge in [-0.15, -0.1) is 18.2 Å². The van der Waals surface area contributed by atoms with Gasteiger partial charge < -0.3 is 0 Å². The maximum Gasteiger partial charge on any atom is 0.0315 e. The number of rotatable bonds is 4. The average molecular weight is 223 g/mol. The Morgan fingerprint density at radius 1 is 1.27 bits per heavy atom. The first-order chi connectivity index (χ1) is 6.99. The minimum Gasteiger partial charge on any atom is -0.126 e. The van der Waals surface area contributed by atoms with Gasteiger partial charge in [0, 0.05) is 11.3 Å². The molecule has 1 heteroatoms. The third-order valence-electron chi connectivity index (χ3n) is 2.69. The number of alkyl halides is 1. The summed E-state index contributed by atoms with van der Waals surface area (Å²) in [6.45, 7) is 10.3. The average Bonchev–Trinajstić information content (AvgIpc) is 2.16. The summed E-state index contributed by atoms with van der Waals surface area (Å²) < 4.78 is 0. The van der Waals surface area contributed by atoms with Crippen molar-refractivity contribution in [3.8, 4) is 0 Å². The highest BCUT2D eigenvalue weighted by atomic mass is 35.5. The Balaban J connectivity index is 2.93. The highest BCUT2D eigenvalue weighted by Gasteiger charge is 2.19. The van der Waals surface area contributed by atoms with E-state index in [0.29, 0.717) is 5.88 Å². The molecule has 0 bridgehead atoms. The molecule has 0 nitrogen and oxygen atoms in total. The maximum atomic E-state index is 5.97. The van der Waals surface area contributed by atoms with Crippen LogP contribution in [-0.4, -0.2) is 5.88 Å². The molecule has 15 heavy (non-hydrogen) atoms. The fraction of sp³-hybridized carbons (Fsp3) is 0.429. The third kappa shape index (κ3) is 3.39. The monoisotopic (exact) mass is 222 g/mol. The molecule has 0 heterocycles. The van der Waals surface area contributed by atoms with Crippen LogP contribution in [0, 0.1) is 19.3 Å². The summed E-state index contributed by atoms with van der Waals surface area (Å²) in [6, 6.07) is 6.64. The van der Waals surface area contributed by atoms with Gasteiger partial charge in [0.05, 0.1) is 0 Å². The quantitative estimate of drug-likeness (QED) is 0.527. The first-order valence-corrected chi connectivity index (χ1v) is 5.79. The number of hydrogen-bond acceptors (Lipinski definition) is 0. The normalized spacial score (nSPS) is 14.7. The molecule has 1 aromatic rings. The van der Waals surface area contributed by atoms with Gasteiger partial charge >= 0.3 is 0 Å². The number of halogens is 1. The van der Waals surface area contributed by atoms with Gasteiger partial charge in [-0.25, -0.2) is 0 Å². The van der Waals surface area contributed by atoms with Gasteiger partial charge in [-0.3, -0.25) is 0 Å². The molecule has 0 fully saturated rings. The Bertz CT molecular complexity index is 334. The van der Waals surface area contributed by atoms with E-state index >= 15 is 0 Å². The standard InChI is InChI=1S/C14H19Cl/c1-5-14(4,10-15)9-13-7-11(2)6-12(3)8-13/h5-8H,1,9-10H2,2-4H3. The zero-order valence-corrected chi connectivity index (χ0v) is 10.6. The summed E-state index contributed by atoms with van der Waals surface area (Å²) >= 11 is 5.97. The summed E-state index contributed by atoms with van der Waals surface area (Å²) in [5.74, 6) is 0.615. The van der Waals surface area contributed by atoms with E-state index in [1.54, 1.807) is 0 Å². The van der Waals surface area contributed by atoms with Crippen molar-refractivity contribution in [1.82, 2.24) is 0 Å². The van der Waals surface area contributed by atoms with Gasteiger partial charge in [0.2, 0.25) is 0 Å². The van der Waals surface area contributed by atoms with E-state index in [1.807, 2.05) is 6.08 Å². The van der Waals surface area contributed by atoms with Gasteiger partial charge in [0.15, 0.2) is 0 Å². The SMILES string of the molecule is C=CC(C)(CCl)Cc1cc(C)cc(C)c1. The zero-order valence-electron chi connectivity index (χ0n) is 9.81. The van der Waals surface area contributed by atoms with Crippen LogP contribution < -0.4 is 0 Å². The second-order valence-electron chi connectivity index (χ2n) is 4.66. The molecule has 0 radical (unpaired) electrons. The van der Waals surface area contributed by atoms with Crippen LogP contribution in [0.25, 0.3) is 0 Å². The summed E-state index contributed by atoms with van der Waals surface area (Å²) in [5.41, 5.74) is 3.97. The molecular weight excluding hydrogens is 204 g/mol. The second kappa shape index (κ2) is 4.85. The van der Waals surface area contributed by atoms with Crippen LogP contribution in [0.1, 0.15) is 23.6 Å². The first-order valence-electron chi connectivity index (χ1n) is 5.26. The summed E-state index contributed by atoms with van der Waals surface area (Å²) in [7, 11) is 0. The van der Waals surface area contributed by atoms with Gasteiger partial charge in [0.1, 0.15) is 0 Å². The van der Waals surface area contributed by atoms with E-state index in [0.717, 1.165) is 6.42 Å². The van der Waals surface area contributed by atoms with Gasteiger partial charge in [-0.1, -0.05) is 42.3 Å². The molecule has 1 aromatic carbocycles. The number of allylic oxidation sites excluding steroid dienone is 1. The van der Waals surface area contributed by atoms with E-state index in [1.165, 1.54) is 16.7 Å². The molecule has 0 aliphatic carbocycles. The van der Waals surface area contributed by atoms with Crippen molar-refractivity contribution in [3.05, 3.63) is 47.5 Å². The minimum absolute atomic E-state index is 0.00177. The number of hydrogen-bond donors (Lipinski definition) is 0. The molecule has 82 valence electrons. The van der Waals surface area contributed by atoms with Crippen LogP contribution >= 0.6 is 11.6 Å². The topological polar surface area (TPSA) is 0 Å². The molecule has 1 unspecified atom stereocenters. The Morgan fingerprint density at radius 3 is 2.20 bits per heavy atom. The third-order valence-corrected chi connectivity index (χ3v) is 3.30. The second-order valence-corrected chi connectivity index (χ2v) is 4.93. The van der Waals surface area contributed by atoms with Crippen LogP contribution in [-0.2, 0) is 6.42 Å². The van der Waals surface area contributed by atoms with E-state index in [9.17, 15) is 0 Å². The number of benzene rings is 1. The van der Waals surface area contributed by atoms with Gasteiger partial charge in [-0.05, 0) is 25.8 Å². The predicted octanol–water partition coefficient (Wildman–Crippen LogP) is 4.28. The highest BCUT2D eigenvalue weighted by Crippen LogP contribution is 2.26. The van der Waals surface area contributed by atoms with E-state index < -0.39 is 0 Å². The minimum atomic E-state index is 0.00177. The lowest BCUT2D eigenvalue weighted by atomic mass is 9.85. The van der Waals surface area contributed by atoms with Crippen molar-refractivity contribution in [2.24, 2.45) is 5.41 Å². The molecule has 0 aliphatic heterocycles.